The Morgan fingerprint density at radius 3 is 2.28 bits per heavy atom. The normalized spacial score (nSPS) is 13.4. The van der Waals surface area contributed by atoms with Gasteiger partial charge in [-0.1, -0.05) is 13.3 Å². The molecule has 1 rings (SSSR count). The van der Waals surface area contributed by atoms with Crippen LogP contribution in [0.5, 0.6) is 0 Å². The number of halogens is 3. The molecule has 1 atom stereocenters. The Morgan fingerprint density at radius 1 is 1.33 bits per heavy atom. The molecule has 0 aliphatic rings. The van der Waals surface area contributed by atoms with Gasteiger partial charge in [0.25, 0.3) is 0 Å². The Morgan fingerprint density at radius 2 is 1.83 bits per heavy atom. The Balaban J connectivity index is 0.00000289. The number of anilines is 1. The molecule has 18 heavy (non-hydrogen) atoms. The highest BCUT2D eigenvalue weighted by Gasteiger charge is 2.27. The molecule has 0 saturated heterocycles. The van der Waals surface area contributed by atoms with Crippen LogP contribution in [0.25, 0.3) is 0 Å². The lowest BCUT2D eigenvalue weighted by atomic mass is 9.96. The summed E-state index contributed by atoms with van der Waals surface area (Å²) in [5.41, 5.74) is 4.82. The van der Waals surface area contributed by atoms with E-state index in [2.05, 4.69) is 5.32 Å². The fourth-order valence-corrected chi connectivity index (χ4v) is 1.53. The van der Waals surface area contributed by atoms with Crippen molar-refractivity contribution in [2.45, 2.75) is 32.2 Å². The van der Waals surface area contributed by atoms with E-state index in [-0.39, 0.29) is 18.1 Å². The third-order valence-electron chi connectivity index (χ3n) is 2.41. The van der Waals surface area contributed by atoms with E-state index in [1.165, 1.54) is 0 Å². The predicted molar refractivity (Wildman–Crippen MR) is 69.7 cm³/mol. The molecule has 3 nitrogen and oxygen atoms in total. The standard InChI is InChI=1S/C12H16F2N2O.ClH/c1-3-4-12(2,15)11(17)16-10-6-8(13)5-9(14)7-10;/h5-7H,3-4,15H2,1-2H3,(H,16,17);1H. The molecule has 102 valence electrons. The van der Waals surface area contributed by atoms with Crippen LogP contribution in [-0.2, 0) is 4.79 Å². The maximum Gasteiger partial charge on any atom is 0.244 e. The van der Waals surface area contributed by atoms with Crippen LogP contribution in [0.1, 0.15) is 26.7 Å². The average Bonchev–Trinajstić information content (AvgIpc) is 2.15. The zero-order chi connectivity index (χ0) is 13.1. The number of rotatable bonds is 4. The van der Waals surface area contributed by atoms with Crippen LogP contribution in [0.4, 0.5) is 14.5 Å². The molecule has 1 unspecified atom stereocenters. The van der Waals surface area contributed by atoms with Crippen LogP contribution in [0.3, 0.4) is 0 Å². The number of amides is 1. The first kappa shape index (κ1) is 16.8. The van der Waals surface area contributed by atoms with E-state index in [9.17, 15) is 13.6 Å². The van der Waals surface area contributed by atoms with Gasteiger partial charge in [-0.25, -0.2) is 8.78 Å². The van der Waals surface area contributed by atoms with Crippen molar-refractivity contribution in [2.75, 3.05) is 5.32 Å². The smallest absolute Gasteiger partial charge is 0.244 e. The summed E-state index contributed by atoms with van der Waals surface area (Å²) < 4.78 is 25.8. The van der Waals surface area contributed by atoms with Gasteiger partial charge in [0.15, 0.2) is 0 Å². The van der Waals surface area contributed by atoms with Crippen molar-refractivity contribution in [3.63, 3.8) is 0 Å². The van der Waals surface area contributed by atoms with E-state index >= 15 is 0 Å². The zero-order valence-electron chi connectivity index (χ0n) is 10.3. The highest BCUT2D eigenvalue weighted by atomic mass is 35.5. The van der Waals surface area contributed by atoms with Crippen molar-refractivity contribution in [3.8, 4) is 0 Å². The molecule has 1 amide bonds. The van der Waals surface area contributed by atoms with Crippen LogP contribution in [-0.4, -0.2) is 11.4 Å². The SMILES string of the molecule is CCCC(C)(N)C(=O)Nc1cc(F)cc(F)c1.Cl. The van der Waals surface area contributed by atoms with Crippen LogP contribution in [0.2, 0.25) is 0 Å². The number of nitrogens with one attached hydrogen (secondary N) is 1. The van der Waals surface area contributed by atoms with Gasteiger partial charge in [0.05, 0.1) is 5.54 Å². The molecule has 0 aromatic heterocycles. The average molecular weight is 279 g/mol. The molecular weight excluding hydrogens is 262 g/mol. The molecule has 1 aromatic carbocycles. The van der Waals surface area contributed by atoms with Crippen molar-refractivity contribution >= 4 is 24.0 Å². The second-order valence-electron chi connectivity index (χ2n) is 4.28. The van der Waals surface area contributed by atoms with Gasteiger partial charge >= 0.3 is 0 Å². The summed E-state index contributed by atoms with van der Waals surface area (Å²) in [7, 11) is 0. The lowest BCUT2D eigenvalue weighted by Crippen LogP contribution is -2.48. The van der Waals surface area contributed by atoms with Crippen molar-refractivity contribution in [2.24, 2.45) is 5.73 Å². The summed E-state index contributed by atoms with van der Waals surface area (Å²) in [6, 6.07) is 2.83. The minimum atomic E-state index is -1.04. The Kier molecular flexibility index (Phi) is 6.21. The minimum absolute atomic E-state index is 0. The maximum absolute atomic E-state index is 12.9. The van der Waals surface area contributed by atoms with E-state index in [0.29, 0.717) is 6.42 Å². The second-order valence-corrected chi connectivity index (χ2v) is 4.28. The fraction of sp³-hybridized carbons (Fsp3) is 0.417. The van der Waals surface area contributed by atoms with Crippen LogP contribution >= 0.6 is 12.4 Å². The molecule has 0 aliphatic carbocycles. The predicted octanol–water partition coefficient (Wildman–Crippen LogP) is 2.84. The Labute approximate surface area is 111 Å². The van der Waals surface area contributed by atoms with Gasteiger partial charge in [-0.3, -0.25) is 4.79 Å². The van der Waals surface area contributed by atoms with Crippen molar-refractivity contribution < 1.29 is 13.6 Å². The molecule has 0 spiro atoms. The number of carbonyl (C=O) groups excluding carboxylic acids is 1. The molecule has 6 heteroatoms. The van der Waals surface area contributed by atoms with Crippen molar-refractivity contribution in [3.05, 3.63) is 29.8 Å². The molecule has 0 saturated carbocycles. The van der Waals surface area contributed by atoms with Crippen LogP contribution in [0.15, 0.2) is 18.2 Å². The second kappa shape index (κ2) is 6.66. The summed E-state index contributed by atoms with van der Waals surface area (Å²) in [4.78, 5) is 11.8. The number of hydrogen-bond acceptors (Lipinski definition) is 2. The van der Waals surface area contributed by atoms with Gasteiger partial charge < -0.3 is 11.1 Å². The monoisotopic (exact) mass is 278 g/mol. The Bertz CT molecular complexity index is 404. The minimum Gasteiger partial charge on any atom is -0.324 e. The van der Waals surface area contributed by atoms with E-state index in [4.69, 9.17) is 5.73 Å². The maximum atomic E-state index is 12.9. The number of carbonyl (C=O) groups is 1. The first-order valence-corrected chi connectivity index (χ1v) is 5.41. The molecule has 0 heterocycles. The van der Waals surface area contributed by atoms with Crippen LogP contribution < -0.4 is 11.1 Å². The van der Waals surface area contributed by atoms with Crippen molar-refractivity contribution in [1.29, 1.82) is 0 Å². The molecule has 3 N–H and O–H groups in total. The quantitative estimate of drug-likeness (QED) is 0.890. The van der Waals surface area contributed by atoms with E-state index in [1.807, 2.05) is 6.92 Å². The van der Waals surface area contributed by atoms with Gasteiger partial charge in [-0.05, 0) is 25.5 Å². The third kappa shape index (κ3) is 4.58. The highest BCUT2D eigenvalue weighted by molar-refractivity contribution is 5.97. The van der Waals surface area contributed by atoms with E-state index in [0.717, 1.165) is 24.6 Å². The molecule has 0 radical (unpaired) electrons. The summed E-state index contributed by atoms with van der Waals surface area (Å²) in [5.74, 6) is -1.94. The lowest BCUT2D eigenvalue weighted by Gasteiger charge is -2.22. The largest absolute Gasteiger partial charge is 0.324 e. The summed E-state index contributed by atoms with van der Waals surface area (Å²) in [6.07, 6.45) is 1.24. The molecule has 1 aromatic rings. The van der Waals surface area contributed by atoms with Crippen molar-refractivity contribution in [1.82, 2.24) is 0 Å². The summed E-state index contributed by atoms with van der Waals surface area (Å²) in [6.45, 7) is 3.49. The summed E-state index contributed by atoms with van der Waals surface area (Å²) in [5, 5.41) is 2.40. The lowest BCUT2D eigenvalue weighted by molar-refractivity contribution is -0.120. The molecule has 0 fully saturated rings. The van der Waals surface area contributed by atoms with Crippen LogP contribution in [0, 0.1) is 11.6 Å². The molecular formula is C12H17ClF2N2O. The summed E-state index contributed by atoms with van der Waals surface area (Å²) >= 11 is 0. The van der Waals surface area contributed by atoms with Gasteiger partial charge in [0.2, 0.25) is 5.91 Å². The van der Waals surface area contributed by atoms with Gasteiger partial charge in [-0.15, -0.1) is 12.4 Å². The van der Waals surface area contributed by atoms with E-state index in [1.54, 1.807) is 6.92 Å². The molecule has 0 bridgehead atoms. The number of benzene rings is 1. The topological polar surface area (TPSA) is 55.1 Å². The highest BCUT2D eigenvalue weighted by Crippen LogP contribution is 2.16. The first-order valence-electron chi connectivity index (χ1n) is 5.41. The first-order chi connectivity index (χ1) is 7.85. The third-order valence-corrected chi connectivity index (χ3v) is 2.41. The van der Waals surface area contributed by atoms with E-state index < -0.39 is 23.1 Å². The molecule has 0 aliphatic heterocycles. The number of hydrogen-bond donors (Lipinski definition) is 2. The van der Waals surface area contributed by atoms with Gasteiger partial charge in [0, 0.05) is 11.8 Å². The van der Waals surface area contributed by atoms with Gasteiger partial charge in [0.1, 0.15) is 11.6 Å². The Hall–Kier alpha value is -1.20. The number of nitrogens with two attached hydrogens (primary N) is 1. The fourth-order valence-electron chi connectivity index (χ4n) is 1.53. The van der Waals surface area contributed by atoms with Gasteiger partial charge in [-0.2, -0.15) is 0 Å². The zero-order valence-corrected chi connectivity index (χ0v) is 11.1.